The minimum absolute atomic E-state index is 0.0615. The van der Waals surface area contributed by atoms with Gasteiger partial charge in [0, 0.05) is 16.2 Å². The molecular formula is C19H23N5O4S. The molecule has 2 unspecified atom stereocenters. The summed E-state index contributed by atoms with van der Waals surface area (Å²) in [5, 5.41) is 16.9. The van der Waals surface area contributed by atoms with Crippen molar-refractivity contribution in [3.8, 4) is 17.2 Å². The predicted octanol–water partition coefficient (Wildman–Crippen LogP) is 3.64. The number of nitrogens with zero attached hydrogens (tertiary/aromatic N) is 3. The first-order valence-corrected chi connectivity index (χ1v) is 10.3. The maximum atomic E-state index is 13.0. The number of benzene rings is 1. The van der Waals surface area contributed by atoms with Crippen LogP contribution in [0.1, 0.15) is 42.3 Å². The van der Waals surface area contributed by atoms with E-state index < -0.39 is 0 Å². The van der Waals surface area contributed by atoms with Gasteiger partial charge in [-0.05, 0) is 36.5 Å². The largest absolute Gasteiger partial charge is 0.493 e. The maximum Gasteiger partial charge on any atom is 0.272 e. The van der Waals surface area contributed by atoms with Crippen molar-refractivity contribution in [3.63, 3.8) is 0 Å². The fourth-order valence-corrected chi connectivity index (χ4v) is 4.69. The first-order chi connectivity index (χ1) is 14.1. The van der Waals surface area contributed by atoms with E-state index >= 15 is 0 Å². The van der Waals surface area contributed by atoms with E-state index in [1.807, 2.05) is 12.1 Å². The summed E-state index contributed by atoms with van der Waals surface area (Å²) >= 11 is 1.33. The lowest BCUT2D eigenvalue weighted by Gasteiger charge is -2.29. The van der Waals surface area contributed by atoms with Crippen LogP contribution in [0.3, 0.4) is 0 Å². The van der Waals surface area contributed by atoms with Crippen LogP contribution in [0.5, 0.6) is 17.2 Å². The van der Waals surface area contributed by atoms with E-state index in [0.29, 0.717) is 28.0 Å². The smallest absolute Gasteiger partial charge is 0.272 e. The first kappa shape index (κ1) is 19.4. The van der Waals surface area contributed by atoms with Crippen molar-refractivity contribution in [2.45, 2.75) is 38.7 Å². The van der Waals surface area contributed by atoms with Crippen molar-refractivity contribution in [1.82, 2.24) is 20.6 Å². The molecule has 0 bridgehead atoms. The molecule has 4 rings (SSSR count). The number of tetrazole rings is 1. The summed E-state index contributed by atoms with van der Waals surface area (Å²) in [5.74, 6) is 1.94. The standard InChI is InChI=1S/C19H23N5O4S/c1-10-6-4-5-7-12(10)28-16-11-8-13(26-2)14(27-3)9-15(11)29-17(16)18(25)20-19-21-23-24-22-19/h8-10,12H,4-7H2,1-3H3,(H2,20,21,22,23,24,25). The number of fused-ring (bicyclic) bond motifs is 1. The molecule has 2 N–H and O–H groups in total. The molecule has 1 saturated carbocycles. The second-order valence-electron chi connectivity index (χ2n) is 7.07. The van der Waals surface area contributed by atoms with Crippen LogP contribution in [0.4, 0.5) is 5.95 Å². The van der Waals surface area contributed by atoms with Gasteiger partial charge in [-0.15, -0.1) is 16.4 Å². The Hall–Kier alpha value is -2.88. The molecule has 2 aromatic heterocycles. The highest BCUT2D eigenvalue weighted by Gasteiger charge is 2.28. The van der Waals surface area contributed by atoms with Gasteiger partial charge >= 0.3 is 0 Å². The Bertz CT molecular complexity index is 1000. The summed E-state index contributed by atoms with van der Waals surface area (Å²) in [6.45, 7) is 2.20. The Morgan fingerprint density at radius 1 is 1.21 bits per heavy atom. The number of rotatable bonds is 6. The van der Waals surface area contributed by atoms with E-state index in [1.54, 1.807) is 14.2 Å². The molecule has 1 fully saturated rings. The third-order valence-corrected chi connectivity index (χ3v) is 6.36. The molecule has 1 amide bonds. The van der Waals surface area contributed by atoms with Gasteiger partial charge in [0.05, 0.1) is 14.2 Å². The van der Waals surface area contributed by atoms with Gasteiger partial charge in [-0.1, -0.05) is 18.4 Å². The average molecular weight is 417 g/mol. The Balaban J connectivity index is 1.78. The number of thiophene rings is 1. The number of aromatic nitrogens is 4. The summed E-state index contributed by atoms with van der Waals surface area (Å²) in [6, 6.07) is 3.72. The van der Waals surface area contributed by atoms with Crippen molar-refractivity contribution in [2.75, 3.05) is 19.5 Å². The number of anilines is 1. The summed E-state index contributed by atoms with van der Waals surface area (Å²) < 4.78 is 18.2. The van der Waals surface area contributed by atoms with Gasteiger partial charge in [-0.2, -0.15) is 5.21 Å². The molecule has 154 valence electrons. The highest BCUT2D eigenvalue weighted by atomic mass is 32.1. The number of hydrogen-bond donors (Lipinski definition) is 2. The number of carbonyl (C=O) groups excluding carboxylic acids is 1. The minimum Gasteiger partial charge on any atom is -0.493 e. The Morgan fingerprint density at radius 2 is 1.97 bits per heavy atom. The minimum atomic E-state index is -0.344. The lowest BCUT2D eigenvalue weighted by molar-refractivity contribution is 0.0963. The molecule has 2 heterocycles. The van der Waals surface area contributed by atoms with Crippen molar-refractivity contribution in [3.05, 3.63) is 17.0 Å². The molecule has 10 heteroatoms. The molecular weight excluding hydrogens is 394 g/mol. The SMILES string of the molecule is COc1cc2sc(C(=O)Nc3nn[nH]n3)c(OC3CCCCC3C)c2cc1OC. The van der Waals surface area contributed by atoms with E-state index in [9.17, 15) is 4.79 Å². The Kier molecular flexibility index (Phi) is 5.52. The molecule has 1 aromatic carbocycles. The zero-order chi connectivity index (χ0) is 20.4. The van der Waals surface area contributed by atoms with Gasteiger partial charge in [-0.3, -0.25) is 10.1 Å². The maximum absolute atomic E-state index is 13.0. The summed E-state index contributed by atoms with van der Waals surface area (Å²) in [5.41, 5.74) is 0. The van der Waals surface area contributed by atoms with Crippen LogP contribution in [0, 0.1) is 5.92 Å². The van der Waals surface area contributed by atoms with E-state index in [2.05, 4.69) is 32.9 Å². The van der Waals surface area contributed by atoms with Crippen LogP contribution in [0.15, 0.2) is 12.1 Å². The van der Waals surface area contributed by atoms with Crippen LogP contribution >= 0.6 is 11.3 Å². The van der Waals surface area contributed by atoms with Crippen molar-refractivity contribution in [1.29, 1.82) is 0 Å². The number of aromatic amines is 1. The van der Waals surface area contributed by atoms with Gasteiger partial charge in [0.15, 0.2) is 17.2 Å². The van der Waals surface area contributed by atoms with Gasteiger partial charge in [0.25, 0.3) is 11.9 Å². The number of ether oxygens (including phenoxy) is 3. The normalized spacial score (nSPS) is 19.1. The fourth-order valence-electron chi connectivity index (χ4n) is 3.65. The van der Waals surface area contributed by atoms with Crippen molar-refractivity contribution < 1.29 is 19.0 Å². The van der Waals surface area contributed by atoms with Crippen LogP contribution in [-0.2, 0) is 0 Å². The average Bonchev–Trinajstić information content (AvgIpc) is 3.36. The quantitative estimate of drug-likeness (QED) is 0.630. The Morgan fingerprint density at radius 3 is 2.66 bits per heavy atom. The molecule has 0 saturated heterocycles. The van der Waals surface area contributed by atoms with Crippen molar-refractivity contribution in [2.24, 2.45) is 5.92 Å². The van der Waals surface area contributed by atoms with Crippen molar-refractivity contribution >= 4 is 33.3 Å². The molecule has 1 aliphatic rings. The number of H-pyrrole nitrogens is 1. The molecule has 0 aliphatic heterocycles. The summed E-state index contributed by atoms with van der Waals surface area (Å²) in [6.07, 6.45) is 4.48. The first-order valence-electron chi connectivity index (χ1n) is 9.50. The van der Waals surface area contributed by atoms with Crippen LogP contribution in [-0.4, -0.2) is 46.9 Å². The van der Waals surface area contributed by atoms with Gasteiger partial charge in [-0.25, -0.2) is 0 Å². The number of amides is 1. The molecule has 2 atom stereocenters. The second kappa shape index (κ2) is 8.24. The van der Waals surface area contributed by atoms with E-state index in [0.717, 1.165) is 29.3 Å². The van der Waals surface area contributed by atoms with Gasteiger partial charge < -0.3 is 14.2 Å². The predicted molar refractivity (Wildman–Crippen MR) is 109 cm³/mol. The highest BCUT2D eigenvalue weighted by molar-refractivity contribution is 7.21. The Labute approximate surface area is 171 Å². The molecule has 0 radical (unpaired) electrons. The third kappa shape index (κ3) is 3.84. The number of methoxy groups -OCH3 is 2. The van der Waals surface area contributed by atoms with E-state index in [1.165, 1.54) is 17.8 Å². The van der Waals surface area contributed by atoms with Crippen LogP contribution in [0.25, 0.3) is 10.1 Å². The second-order valence-corrected chi connectivity index (χ2v) is 8.12. The molecule has 0 spiro atoms. The molecule has 9 nitrogen and oxygen atoms in total. The number of hydrogen-bond acceptors (Lipinski definition) is 8. The van der Waals surface area contributed by atoms with Gasteiger partial charge in [0.1, 0.15) is 11.0 Å². The monoisotopic (exact) mass is 417 g/mol. The molecule has 1 aliphatic carbocycles. The van der Waals surface area contributed by atoms with E-state index in [4.69, 9.17) is 14.2 Å². The zero-order valence-electron chi connectivity index (χ0n) is 16.5. The molecule has 3 aromatic rings. The number of carbonyl (C=O) groups is 1. The van der Waals surface area contributed by atoms with Crippen LogP contribution in [0.2, 0.25) is 0 Å². The fraction of sp³-hybridized carbons (Fsp3) is 0.474. The highest BCUT2D eigenvalue weighted by Crippen LogP contribution is 2.45. The summed E-state index contributed by atoms with van der Waals surface area (Å²) in [7, 11) is 3.17. The number of nitrogens with one attached hydrogen (secondary N) is 2. The topological polar surface area (TPSA) is 111 Å². The molecule has 29 heavy (non-hydrogen) atoms. The lowest BCUT2D eigenvalue weighted by atomic mass is 9.88. The third-order valence-electron chi connectivity index (χ3n) is 5.23. The zero-order valence-corrected chi connectivity index (χ0v) is 17.3. The summed E-state index contributed by atoms with van der Waals surface area (Å²) in [4.78, 5) is 13.4. The van der Waals surface area contributed by atoms with E-state index in [-0.39, 0.29) is 18.0 Å². The lowest BCUT2D eigenvalue weighted by Crippen LogP contribution is -2.29. The van der Waals surface area contributed by atoms with Crippen LogP contribution < -0.4 is 19.5 Å². The van der Waals surface area contributed by atoms with Gasteiger partial charge in [0.2, 0.25) is 0 Å².